The third-order valence-corrected chi connectivity index (χ3v) is 3.15. The maximum Gasteiger partial charge on any atom is 0.0449 e. The number of rotatable bonds is 0. The minimum absolute atomic E-state index is 0. The van der Waals surface area contributed by atoms with Gasteiger partial charge < -0.3 is 11.5 Å². The molecule has 2 aromatic carbocycles. The number of nitrogens with two attached hydrogens (primary N) is 2. The topological polar surface area (TPSA) is 52.0 Å². The molecule has 0 heterocycles. The summed E-state index contributed by atoms with van der Waals surface area (Å²) in [5.41, 5.74) is 14.9. The van der Waals surface area contributed by atoms with E-state index in [4.69, 9.17) is 11.5 Å². The third kappa shape index (κ3) is 6.37. The molecular weight excluding hydrogens is 326 g/mol. The van der Waals surface area contributed by atoms with Gasteiger partial charge in [0.2, 0.25) is 0 Å². The van der Waals surface area contributed by atoms with Crippen molar-refractivity contribution in [1.82, 2.24) is 0 Å². The quantitative estimate of drug-likeness (QED) is 0.335. The van der Waals surface area contributed by atoms with Gasteiger partial charge in [-0.3, -0.25) is 0 Å². The SMILES string of the molecule is Cc1ccc(N)c(S)c1.Cc1ccc(N)c(S)c1.[Zn]. The molecule has 2 aromatic rings. The van der Waals surface area contributed by atoms with Gasteiger partial charge >= 0.3 is 0 Å². The Morgan fingerprint density at radius 3 is 1.26 bits per heavy atom. The Kier molecular flexibility index (Phi) is 8.23. The maximum atomic E-state index is 5.51. The van der Waals surface area contributed by atoms with Crippen molar-refractivity contribution in [2.75, 3.05) is 11.5 Å². The van der Waals surface area contributed by atoms with Crippen molar-refractivity contribution in [2.24, 2.45) is 0 Å². The molecular formula is C14H18N2S2Zn. The summed E-state index contributed by atoms with van der Waals surface area (Å²) in [6.07, 6.45) is 0. The standard InChI is InChI=1S/2C7H9NS.Zn/c2*1-5-2-3-6(8)7(9)4-5;/h2*2-4,9H,8H2,1H3;. The molecule has 4 N–H and O–H groups in total. The van der Waals surface area contributed by atoms with E-state index in [1.165, 1.54) is 11.1 Å². The molecule has 0 spiro atoms. The van der Waals surface area contributed by atoms with Crippen LogP contribution in [0.1, 0.15) is 11.1 Å². The van der Waals surface area contributed by atoms with Gasteiger partial charge in [-0.1, -0.05) is 12.1 Å². The zero-order valence-electron chi connectivity index (χ0n) is 11.2. The van der Waals surface area contributed by atoms with Crippen LogP contribution < -0.4 is 11.5 Å². The third-order valence-electron chi connectivity index (χ3n) is 2.37. The van der Waals surface area contributed by atoms with Gasteiger partial charge in [0.15, 0.2) is 0 Å². The van der Waals surface area contributed by atoms with Crippen molar-refractivity contribution >= 4 is 36.6 Å². The van der Waals surface area contributed by atoms with Crippen molar-refractivity contribution in [2.45, 2.75) is 23.6 Å². The van der Waals surface area contributed by atoms with Gasteiger partial charge in [0.25, 0.3) is 0 Å². The molecule has 0 unspecified atom stereocenters. The Morgan fingerprint density at radius 1 is 0.737 bits per heavy atom. The van der Waals surface area contributed by atoms with Crippen molar-refractivity contribution in [3.63, 3.8) is 0 Å². The van der Waals surface area contributed by atoms with Gasteiger partial charge in [-0.15, -0.1) is 25.3 Å². The molecule has 0 radical (unpaired) electrons. The molecule has 0 aliphatic heterocycles. The molecule has 5 heteroatoms. The Hall–Kier alpha value is -0.637. The predicted octanol–water partition coefficient (Wildman–Crippen LogP) is 3.73. The zero-order valence-corrected chi connectivity index (χ0v) is 16.0. The normalized spacial score (nSPS) is 9.05. The second-order valence-electron chi connectivity index (χ2n) is 4.12. The van der Waals surface area contributed by atoms with E-state index in [9.17, 15) is 0 Å². The van der Waals surface area contributed by atoms with Crippen molar-refractivity contribution in [3.8, 4) is 0 Å². The number of hydrogen-bond donors (Lipinski definition) is 4. The summed E-state index contributed by atoms with van der Waals surface area (Å²) in [7, 11) is 0. The molecule has 0 saturated carbocycles. The minimum Gasteiger partial charge on any atom is -0.398 e. The molecule has 0 bridgehead atoms. The molecule has 0 saturated heterocycles. The predicted molar refractivity (Wildman–Crippen MR) is 85.7 cm³/mol. The fourth-order valence-electron chi connectivity index (χ4n) is 1.31. The van der Waals surface area contributed by atoms with Crippen LogP contribution in [0.15, 0.2) is 46.2 Å². The number of thiol groups is 2. The fourth-order valence-corrected chi connectivity index (χ4v) is 1.86. The molecule has 19 heavy (non-hydrogen) atoms. The summed E-state index contributed by atoms with van der Waals surface area (Å²) in [6.45, 7) is 4.03. The van der Waals surface area contributed by atoms with Crippen LogP contribution in [0, 0.1) is 13.8 Å². The first kappa shape index (κ1) is 18.4. The molecule has 0 aliphatic carbocycles. The van der Waals surface area contributed by atoms with Gasteiger partial charge in [-0.25, -0.2) is 0 Å². The van der Waals surface area contributed by atoms with Gasteiger partial charge in [-0.2, -0.15) is 0 Å². The van der Waals surface area contributed by atoms with Crippen LogP contribution in [-0.2, 0) is 19.5 Å². The number of hydrogen-bond acceptors (Lipinski definition) is 4. The number of aryl methyl sites for hydroxylation is 2. The summed E-state index contributed by atoms with van der Waals surface area (Å²) in [5.74, 6) is 0. The van der Waals surface area contributed by atoms with Crippen LogP contribution in [0.5, 0.6) is 0 Å². The summed E-state index contributed by atoms with van der Waals surface area (Å²) in [5, 5.41) is 0. The molecule has 2 nitrogen and oxygen atoms in total. The van der Waals surface area contributed by atoms with Gasteiger partial charge in [-0.05, 0) is 49.2 Å². The van der Waals surface area contributed by atoms with Crippen LogP contribution in [0.3, 0.4) is 0 Å². The van der Waals surface area contributed by atoms with Gasteiger partial charge in [0.1, 0.15) is 0 Å². The van der Waals surface area contributed by atoms with Gasteiger partial charge in [0.05, 0.1) is 0 Å². The Labute approximate surface area is 138 Å². The van der Waals surface area contributed by atoms with Crippen molar-refractivity contribution in [3.05, 3.63) is 47.5 Å². The number of benzene rings is 2. The molecule has 2 rings (SSSR count). The average Bonchev–Trinajstić information content (AvgIpc) is 2.30. The zero-order chi connectivity index (χ0) is 13.7. The van der Waals surface area contributed by atoms with E-state index in [-0.39, 0.29) is 19.5 Å². The van der Waals surface area contributed by atoms with Crippen LogP contribution in [0.2, 0.25) is 0 Å². The van der Waals surface area contributed by atoms with Crippen LogP contribution in [0.25, 0.3) is 0 Å². The van der Waals surface area contributed by atoms with E-state index < -0.39 is 0 Å². The van der Waals surface area contributed by atoms with E-state index >= 15 is 0 Å². The van der Waals surface area contributed by atoms with Gasteiger partial charge in [0, 0.05) is 40.6 Å². The summed E-state index contributed by atoms with van der Waals surface area (Å²) >= 11 is 8.29. The van der Waals surface area contributed by atoms with Crippen LogP contribution in [-0.4, -0.2) is 0 Å². The molecule has 0 fully saturated rings. The molecule has 0 aliphatic rings. The molecule has 98 valence electrons. The minimum atomic E-state index is 0. The van der Waals surface area contributed by atoms with Crippen molar-refractivity contribution in [1.29, 1.82) is 0 Å². The maximum absolute atomic E-state index is 5.51. The van der Waals surface area contributed by atoms with Crippen LogP contribution in [0.4, 0.5) is 11.4 Å². The van der Waals surface area contributed by atoms with E-state index in [0.29, 0.717) is 0 Å². The monoisotopic (exact) mass is 342 g/mol. The fraction of sp³-hybridized carbons (Fsp3) is 0.143. The van der Waals surface area contributed by atoms with E-state index in [1.54, 1.807) is 0 Å². The second-order valence-corrected chi connectivity index (χ2v) is 5.09. The Balaban J connectivity index is 0.000000324. The smallest absolute Gasteiger partial charge is 0.0449 e. The van der Waals surface area contributed by atoms with Crippen LogP contribution >= 0.6 is 25.3 Å². The first-order valence-electron chi connectivity index (χ1n) is 5.50. The number of nitrogen functional groups attached to an aromatic ring is 2. The first-order chi connectivity index (χ1) is 8.40. The Bertz CT molecular complexity index is 495. The molecule has 0 aromatic heterocycles. The summed E-state index contributed by atoms with van der Waals surface area (Å²) in [6, 6.07) is 11.5. The molecule has 0 atom stereocenters. The second kappa shape index (κ2) is 8.52. The summed E-state index contributed by atoms with van der Waals surface area (Å²) < 4.78 is 0. The summed E-state index contributed by atoms with van der Waals surface area (Å²) in [4.78, 5) is 1.71. The van der Waals surface area contributed by atoms with E-state index in [2.05, 4.69) is 25.3 Å². The average molecular weight is 344 g/mol. The van der Waals surface area contributed by atoms with Crippen molar-refractivity contribution < 1.29 is 19.5 Å². The number of anilines is 2. The largest absolute Gasteiger partial charge is 0.398 e. The molecule has 0 amide bonds. The van der Waals surface area contributed by atoms with E-state index in [1.807, 2.05) is 50.2 Å². The first-order valence-corrected chi connectivity index (χ1v) is 6.40. The Morgan fingerprint density at radius 2 is 1.05 bits per heavy atom. The van der Waals surface area contributed by atoms with E-state index in [0.717, 1.165) is 21.2 Å².